The normalized spacial score (nSPS) is 29.7. The van der Waals surface area contributed by atoms with E-state index < -0.39 is 0 Å². The van der Waals surface area contributed by atoms with Gasteiger partial charge in [0.15, 0.2) is 0 Å². The molecule has 0 spiro atoms. The third-order valence-corrected chi connectivity index (χ3v) is 4.94. The van der Waals surface area contributed by atoms with Crippen molar-refractivity contribution in [1.29, 1.82) is 0 Å². The Kier molecular flexibility index (Phi) is 4.38. The molecule has 118 valence electrons. The second kappa shape index (κ2) is 6.11. The number of likely N-dealkylation sites (N-methyl/N-ethyl adjacent to an activating group) is 1. The van der Waals surface area contributed by atoms with E-state index in [1.807, 2.05) is 13.0 Å². The van der Waals surface area contributed by atoms with Gasteiger partial charge in [-0.1, -0.05) is 0 Å². The average molecular weight is 292 g/mol. The fraction of sp³-hybridized carbons (Fsp3) is 0.765. The molecule has 2 saturated heterocycles. The largest absolute Gasteiger partial charge is 0.465 e. The molecule has 1 aromatic rings. The first-order valence-electron chi connectivity index (χ1n) is 8.14. The van der Waals surface area contributed by atoms with Crippen LogP contribution in [0.5, 0.6) is 0 Å². The Morgan fingerprint density at radius 3 is 2.76 bits per heavy atom. The van der Waals surface area contributed by atoms with Crippen molar-refractivity contribution in [2.75, 3.05) is 26.7 Å². The minimum atomic E-state index is 0.417. The Hall–Kier alpha value is -0.840. The van der Waals surface area contributed by atoms with E-state index in [4.69, 9.17) is 9.15 Å². The molecule has 0 aliphatic carbocycles. The molecular weight excluding hydrogens is 264 g/mol. The summed E-state index contributed by atoms with van der Waals surface area (Å²) in [5.41, 5.74) is 0. The summed E-state index contributed by atoms with van der Waals surface area (Å²) in [6.45, 7) is 10.6. The Morgan fingerprint density at radius 2 is 2.14 bits per heavy atom. The van der Waals surface area contributed by atoms with Crippen molar-refractivity contribution in [3.63, 3.8) is 0 Å². The Balaban J connectivity index is 1.47. The molecule has 4 nitrogen and oxygen atoms in total. The van der Waals surface area contributed by atoms with Crippen LogP contribution in [0.15, 0.2) is 16.5 Å². The van der Waals surface area contributed by atoms with Crippen molar-refractivity contribution in [3.05, 3.63) is 23.7 Å². The van der Waals surface area contributed by atoms with Crippen molar-refractivity contribution in [3.8, 4) is 0 Å². The molecule has 0 amide bonds. The molecule has 3 atom stereocenters. The van der Waals surface area contributed by atoms with Crippen LogP contribution in [-0.2, 0) is 11.3 Å². The predicted molar refractivity (Wildman–Crippen MR) is 83.3 cm³/mol. The first kappa shape index (κ1) is 15.1. The van der Waals surface area contributed by atoms with Crippen LogP contribution in [0.4, 0.5) is 0 Å². The fourth-order valence-electron chi connectivity index (χ4n) is 3.52. The lowest BCUT2D eigenvalue weighted by molar-refractivity contribution is 0.0167. The second-order valence-electron chi connectivity index (χ2n) is 7.03. The van der Waals surface area contributed by atoms with Crippen LogP contribution in [-0.4, -0.2) is 54.7 Å². The van der Waals surface area contributed by atoms with Crippen molar-refractivity contribution < 1.29 is 9.15 Å². The van der Waals surface area contributed by atoms with E-state index in [0.717, 1.165) is 37.7 Å². The summed E-state index contributed by atoms with van der Waals surface area (Å²) in [6, 6.07) is 4.72. The van der Waals surface area contributed by atoms with Crippen LogP contribution in [0, 0.1) is 12.8 Å². The fourth-order valence-corrected chi connectivity index (χ4v) is 3.52. The summed E-state index contributed by atoms with van der Waals surface area (Å²) in [5.74, 6) is 2.77. The molecule has 0 radical (unpaired) electrons. The highest BCUT2D eigenvalue weighted by Gasteiger charge is 2.42. The minimum Gasteiger partial charge on any atom is -0.465 e. The topological polar surface area (TPSA) is 28.9 Å². The van der Waals surface area contributed by atoms with E-state index in [9.17, 15) is 0 Å². The molecule has 0 bridgehead atoms. The van der Waals surface area contributed by atoms with Gasteiger partial charge in [0.25, 0.3) is 0 Å². The van der Waals surface area contributed by atoms with Gasteiger partial charge in [-0.15, -0.1) is 0 Å². The Morgan fingerprint density at radius 1 is 1.33 bits per heavy atom. The van der Waals surface area contributed by atoms with Crippen molar-refractivity contribution in [1.82, 2.24) is 9.80 Å². The lowest BCUT2D eigenvalue weighted by Gasteiger charge is -2.25. The van der Waals surface area contributed by atoms with Gasteiger partial charge in [-0.05, 0) is 46.4 Å². The van der Waals surface area contributed by atoms with Gasteiger partial charge >= 0.3 is 0 Å². The third-order valence-electron chi connectivity index (χ3n) is 4.94. The maximum atomic E-state index is 6.27. The lowest BCUT2D eigenvalue weighted by atomic mass is 10.0. The summed E-state index contributed by atoms with van der Waals surface area (Å²) >= 11 is 0. The number of ether oxygens (including phenoxy) is 1. The molecule has 4 heteroatoms. The highest BCUT2D eigenvalue weighted by Crippen LogP contribution is 2.34. The molecule has 21 heavy (non-hydrogen) atoms. The van der Waals surface area contributed by atoms with Gasteiger partial charge in [0.1, 0.15) is 11.5 Å². The van der Waals surface area contributed by atoms with Gasteiger partial charge in [-0.3, -0.25) is 4.90 Å². The SMILES string of the molecule is Cc1ccc(CN2C[C@H]3C[C@H](CN(C)C(C)C)O[C@H]3C2)o1. The van der Waals surface area contributed by atoms with E-state index in [-0.39, 0.29) is 0 Å². The molecule has 0 aromatic carbocycles. The van der Waals surface area contributed by atoms with Crippen LogP contribution < -0.4 is 0 Å². The zero-order chi connectivity index (χ0) is 15.0. The van der Waals surface area contributed by atoms with Crippen molar-refractivity contribution in [2.45, 2.75) is 52.0 Å². The zero-order valence-electron chi connectivity index (χ0n) is 13.7. The van der Waals surface area contributed by atoms with Crippen LogP contribution >= 0.6 is 0 Å². The number of fused-ring (bicyclic) bond motifs is 1. The zero-order valence-corrected chi connectivity index (χ0v) is 13.7. The van der Waals surface area contributed by atoms with E-state index in [1.54, 1.807) is 0 Å². The van der Waals surface area contributed by atoms with Crippen LogP contribution in [0.25, 0.3) is 0 Å². The number of hydrogen-bond donors (Lipinski definition) is 0. The predicted octanol–water partition coefficient (Wildman–Crippen LogP) is 2.52. The van der Waals surface area contributed by atoms with Gasteiger partial charge in [-0.25, -0.2) is 0 Å². The number of likely N-dealkylation sites (tertiary alicyclic amines) is 1. The molecule has 1 aromatic heterocycles. The van der Waals surface area contributed by atoms with Crippen LogP contribution in [0.3, 0.4) is 0 Å². The van der Waals surface area contributed by atoms with Crippen LogP contribution in [0.2, 0.25) is 0 Å². The second-order valence-corrected chi connectivity index (χ2v) is 7.03. The number of furan rings is 1. The number of aryl methyl sites for hydroxylation is 1. The molecule has 2 aliphatic heterocycles. The molecule has 3 rings (SSSR count). The smallest absolute Gasteiger partial charge is 0.118 e. The molecule has 2 aliphatic rings. The summed E-state index contributed by atoms with van der Waals surface area (Å²) in [5, 5.41) is 0. The monoisotopic (exact) mass is 292 g/mol. The molecule has 0 saturated carbocycles. The van der Waals surface area contributed by atoms with Crippen LogP contribution in [0.1, 0.15) is 31.8 Å². The average Bonchev–Trinajstić information content (AvgIpc) is 3.04. The Bertz CT molecular complexity index is 457. The molecular formula is C17H28N2O2. The van der Waals surface area contributed by atoms with Gasteiger partial charge in [0.05, 0.1) is 18.8 Å². The number of nitrogens with zero attached hydrogens (tertiary/aromatic N) is 2. The summed E-state index contributed by atoms with van der Waals surface area (Å²) < 4.78 is 11.9. The quantitative estimate of drug-likeness (QED) is 0.834. The number of rotatable bonds is 5. The standard InChI is InChI=1S/C17H28N2O2/c1-12(2)18(4)9-16-7-14-8-19(11-17(14)21-16)10-15-6-5-13(3)20-15/h5-6,12,14,16-17H,7-11H2,1-4H3/t14-,16-,17+/m1/s1. The minimum absolute atomic E-state index is 0.417. The molecule has 3 heterocycles. The van der Waals surface area contributed by atoms with Gasteiger partial charge < -0.3 is 14.1 Å². The van der Waals surface area contributed by atoms with Crippen molar-refractivity contribution >= 4 is 0 Å². The van der Waals surface area contributed by atoms with E-state index in [2.05, 4.69) is 36.8 Å². The molecule has 0 unspecified atom stereocenters. The maximum absolute atomic E-state index is 6.27. The highest BCUT2D eigenvalue weighted by molar-refractivity contribution is 5.06. The van der Waals surface area contributed by atoms with Gasteiger partial charge in [0.2, 0.25) is 0 Å². The maximum Gasteiger partial charge on any atom is 0.118 e. The lowest BCUT2D eigenvalue weighted by Crippen LogP contribution is -2.35. The number of hydrogen-bond acceptors (Lipinski definition) is 4. The third kappa shape index (κ3) is 3.50. The highest BCUT2D eigenvalue weighted by atomic mass is 16.5. The Labute approximate surface area is 128 Å². The van der Waals surface area contributed by atoms with E-state index >= 15 is 0 Å². The molecule has 2 fully saturated rings. The van der Waals surface area contributed by atoms with Gasteiger partial charge in [0, 0.05) is 31.6 Å². The van der Waals surface area contributed by atoms with Crippen molar-refractivity contribution in [2.24, 2.45) is 5.92 Å². The first-order valence-corrected chi connectivity index (χ1v) is 8.14. The van der Waals surface area contributed by atoms with Gasteiger partial charge in [-0.2, -0.15) is 0 Å². The summed E-state index contributed by atoms with van der Waals surface area (Å²) in [6.07, 6.45) is 2.04. The summed E-state index contributed by atoms with van der Waals surface area (Å²) in [4.78, 5) is 4.85. The van der Waals surface area contributed by atoms with E-state index in [1.165, 1.54) is 6.42 Å². The molecule has 0 N–H and O–H groups in total. The van der Waals surface area contributed by atoms with E-state index in [0.29, 0.717) is 24.2 Å². The first-order chi connectivity index (χ1) is 10.0. The summed E-state index contributed by atoms with van der Waals surface area (Å²) in [7, 11) is 2.19.